The van der Waals surface area contributed by atoms with E-state index in [0.717, 1.165) is 134 Å². The third-order valence-corrected chi connectivity index (χ3v) is 18.3. The van der Waals surface area contributed by atoms with Gasteiger partial charge in [0.1, 0.15) is 22.7 Å². The van der Waals surface area contributed by atoms with Crippen LogP contribution in [0.3, 0.4) is 0 Å². The number of hydrogen-bond acceptors (Lipinski definition) is 4. The molecule has 0 N–H and O–H groups in total. The SMILES string of the molecule is c1ccc(-c2cccc(N(c3ccc(-c4cc5ccccc5o4)cc3)c3ccc4c5c6ccc7c(c6ccc5n(-c5ccccc5)c4c3)c3ccc(N(c4ccc(-c5cc6ccccc6o5)cc4)c4cccc(-c5ccccc5)c4)cc3n7-c3ccccc3)c2)cc1. The highest BCUT2D eigenvalue weighted by Gasteiger charge is 2.24. The molecule has 0 aliphatic carbocycles. The molecular formula is C86H56N4O2. The number of furan rings is 2. The van der Waals surface area contributed by atoms with Crippen molar-refractivity contribution < 1.29 is 8.83 Å². The molecule has 14 aromatic carbocycles. The van der Waals surface area contributed by atoms with Gasteiger partial charge in [0, 0.05) is 88.9 Å². The van der Waals surface area contributed by atoms with Crippen molar-refractivity contribution in [2.45, 2.75) is 0 Å². The van der Waals surface area contributed by atoms with E-state index in [4.69, 9.17) is 8.83 Å². The quantitative estimate of drug-likeness (QED) is 0.122. The van der Waals surface area contributed by atoms with E-state index in [9.17, 15) is 0 Å². The van der Waals surface area contributed by atoms with Crippen molar-refractivity contribution in [3.63, 3.8) is 0 Å². The maximum Gasteiger partial charge on any atom is 0.135 e. The molecule has 92 heavy (non-hydrogen) atoms. The molecule has 0 amide bonds. The van der Waals surface area contributed by atoms with Crippen LogP contribution in [-0.4, -0.2) is 9.13 Å². The first-order chi connectivity index (χ1) is 45.6. The van der Waals surface area contributed by atoms with Gasteiger partial charge in [0.15, 0.2) is 0 Å². The van der Waals surface area contributed by atoms with Gasteiger partial charge >= 0.3 is 0 Å². The average molecular weight is 1180 g/mol. The summed E-state index contributed by atoms with van der Waals surface area (Å²) in [5.74, 6) is 1.68. The Balaban J connectivity index is 0.822. The molecule has 0 spiro atoms. The summed E-state index contributed by atoms with van der Waals surface area (Å²) in [6.45, 7) is 0. The number of anilines is 6. The molecule has 6 nitrogen and oxygen atoms in total. The molecule has 0 atom stereocenters. The highest BCUT2D eigenvalue weighted by Crippen LogP contribution is 2.48. The molecule has 0 unspecified atom stereocenters. The molecule has 0 radical (unpaired) electrons. The van der Waals surface area contributed by atoms with Crippen LogP contribution in [0.1, 0.15) is 0 Å². The first-order valence-electron chi connectivity index (χ1n) is 31.3. The van der Waals surface area contributed by atoms with Crippen LogP contribution >= 0.6 is 0 Å². The van der Waals surface area contributed by atoms with Crippen LogP contribution in [0.5, 0.6) is 0 Å². The lowest BCUT2D eigenvalue weighted by molar-refractivity contribution is 0.631. The van der Waals surface area contributed by atoms with Crippen LogP contribution in [-0.2, 0) is 0 Å². The molecule has 4 aromatic heterocycles. The zero-order valence-corrected chi connectivity index (χ0v) is 49.9. The summed E-state index contributed by atoms with van der Waals surface area (Å²) in [5, 5.41) is 9.30. The van der Waals surface area contributed by atoms with Gasteiger partial charge in [0.25, 0.3) is 0 Å². The summed E-state index contributed by atoms with van der Waals surface area (Å²) in [6.07, 6.45) is 0. The molecule has 0 saturated carbocycles. The zero-order valence-electron chi connectivity index (χ0n) is 49.9. The normalized spacial score (nSPS) is 11.7. The minimum Gasteiger partial charge on any atom is -0.456 e. The van der Waals surface area contributed by atoms with E-state index in [2.05, 4.69) is 334 Å². The minimum absolute atomic E-state index is 0.841. The van der Waals surface area contributed by atoms with Gasteiger partial charge in [-0.3, -0.25) is 0 Å². The molecule has 0 aliphatic heterocycles. The summed E-state index contributed by atoms with van der Waals surface area (Å²) < 4.78 is 17.6. The number of rotatable bonds is 12. The van der Waals surface area contributed by atoms with Crippen molar-refractivity contribution >= 4 is 110 Å². The Bertz CT molecular complexity index is 5380. The van der Waals surface area contributed by atoms with Crippen LogP contribution in [0.2, 0.25) is 0 Å². The van der Waals surface area contributed by atoms with E-state index in [1.54, 1.807) is 0 Å². The van der Waals surface area contributed by atoms with Crippen molar-refractivity contribution in [1.29, 1.82) is 0 Å². The lowest BCUT2D eigenvalue weighted by atomic mass is 9.99. The molecular weight excluding hydrogens is 1120 g/mol. The molecule has 432 valence electrons. The monoisotopic (exact) mass is 1180 g/mol. The summed E-state index contributed by atoms with van der Waals surface area (Å²) in [5.41, 5.74) is 21.3. The predicted molar refractivity (Wildman–Crippen MR) is 383 cm³/mol. The molecule has 4 heterocycles. The zero-order chi connectivity index (χ0) is 60.6. The second-order valence-corrected chi connectivity index (χ2v) is 23.7. The number of fused-ring (bicyclic) bond motifs is 11. The van der Waals surface area contributed by atoms with Crippen LogP contribution in [0.4, 0.5) is 34.1 Å². The van der Waals surface area contributed by atoms with E-state index in [-0.39, 0.29) is 0 Å². The summed E-state index contributed by atoms with van der Waals surface area (Å²) in [6, 6.07) is 122. The Hall–Kier alpha value is -12.4. The van der Waals surface area contributed by atoms with Crippen molar-refractivity contribution in [2.75, 3.05) is 9.80 Å². The summed E-state index contributed by atoms with van der Waals surface area (Å²) in [7, 11) is 0. The lowest BCUT2D eigenvalue weighted by Crippen LogP contribution is -2.10. The Kier molecular flexibility index (Phi) is 12.5. The maximum atomic E-state index is 6.37. The van der Waals surface area contributed by atoms with Crippen molar-refractivity contribution in [3.05, 3.63) is 340 Å². The van der Waals surface area contributed by atoms with E-state index < -0.39 is 0 Å². The van der Waals surface area contributed by atoms with E-state index >= 15 is 0 Å². The fourth-order valence-electron chi connectivity index (χ4n) is 14.0. The number of hydrogen-bond donors (Lipinski definition) is 0. The standard InChI is InChI=1S/C86H56N4O2/c1-5-19-57(20-6-1)61-25-17-31-69(51-61)87(67-39-35-59(36-40-67)83-53-63-23-13-15-33-81(63)91-83)71-43-45-75-79(55-71)89(65-27-9-3-10-28-65)77-49-47-74-73(85(75)77)48-50-78-86(74)76-46-44-72(56-80(76)90(78)66-29-11-4-12-30-66)88(70-32-18-26-62(52-70)58-21-7-2-8-22-58)68-41-37-60(38-42-68)84-54-64-24-14-16-34-82(64)92-84/h1-56H. The van der Waals surface area contributed by atoms with Gasteiger partial charge in [0.2, 0.25) is 0 Å². The number of aromatic nitrogens is 2. The lowest BCUT2D eigenvalue weighted by Gasteiger charge is -2.26. The second-order valence-electron chi connectivity index (χ2n) is 23.7. The van der Waals surface area contributed by atoms with Gasteiger partial charge < -0.3 is 27.8 Å². The third kappa shape index (κ3) is 8.95. The summed E-state index contributed by atoms with van der Waals surface area (Å²) >= 11 is 0. The van der Waals surface area contributed by atoms with Crippen molar-refractivity contribution in [2.24, 2.45) is 0 Å². The molecule has 0 bridgehead atoms. The second kappa shape index (κ2) is 21.7. The van der Waals surface area contributed by atoms with Gasteiger partial charge in [-0.05, 0) is 191 Å². The molecule has 6 heteroatoms. The van der Waals surface area contributed by atoms with Gasteiger partial charge in [0.05, 0.1) is 22.1 Å². The maximum absolute atomic E-state index is 6.37. The minimum atomic E-state index is 0.841. The fourth-order valence-corrected chi connectivity index (χ4v) is 14.0. The Morgan fingerprint density at radius 3 is 0.978 bits per heavy atom. The van der Waals surface area contributed by atoms with Crippen LogP contribution in [0.25, 0.3) is 133 Å². The Morgan fingerprint density at radius 1 is 0.217 bits per heavy atom. The van der Waals surface area contributed by atoms with Crippen LogP contribution < -0.4 is 9.80 Å². The highest BCUT2D eigenvalue weighted by atomic mass is 16.3. The third-order valence-electron chi connectivity index (χ3n) is 18.3. The fraction of sp³-hybridized carbons (Fsp3) is 0. The Labute approximate surface area is 531 Å². The van der Waals surface area contributed by atoms with Crippen LogP contribution in [0.15, 0.2) is 349 Å². The van der Waals surface area contributed by atoms with E-state index in [1.165, 1.54) is 32.3 Å². The van der Waals surface area contributed by atoms with E-state index in [1.807, 2.05) is 24.3 Å². The molecule has 0 aliphatic rings. The first-order valence-corrected chi connectivity index (χ1v) is 31.3. The van der Waals surface area contributed by atoms with Gasteiger partial charge in [-0.1, -0.05) is 182 Å². The topological polar surface area (TPSA) is 42.6 Å². The summed E-state index contributed by atoms with van der Waals surface area (Å²) in [4.78, 5) is 4.77. The number of nitrogens with zero attached hydrogens (tertiary/aromatic N) is 4. The molecule has 18 rings (SSSR count). The average Bonchev–Trinajstić information content (AvgIpc) is 1.56. The molecule has 18 aromatic rings. The van der Waals surface area contributed by atoms with E-state index in [0.29, 0.717) is 0 Å². The highest BCUT2D eigenvalue weighted by molar-refractivity contribution is 6.30. The molecule has 0 fully saturated rings. The molecule has 0 saturated heterocycles. The van der Waals surface area contributed by atoms with Gasteiger partial charge in [-0.25, -0.2) is 0 Å². The predicted octanol–water partition coefficient (Wildman–Crippen LogP) is 24.1. The number of para-hydroxylation sites is 4. The van der Waals surface area contributed by atoms with Gasteiger partial charge in [-0.15, -0.1) is 0 Å². The largest absolute Gasteiger partial charge is 0.456 e. The van der Waals surface area contributed by atoms with Crippen LogP contribution in [0, 0.1) is 0 Å². The smallest absolute Gasteiger partial charge is 0.135 e. The van der Waals surface area contributed by atoms with Crippen molar-refractivity contribution in [1.82, 2.24) is 9.13 Å². The first kappa shape index (κ1) is 52.7. The van der Waals surface area contributed by atoms with Crippen molar-refractivity contribution in [3.8, 4) is 56.3 Å². The number of benzene rings is 14. The van der Waals surface area contributed by atoms with Gasteiger partial charge in [-0.2, -0.15) is 0 Å². The Morgan fingerprint density at radius 2 is 0.565 bits per heavy atom.